The van der Waals surface area contributed by atoms with E-state index in [0.717, 1.165) is 5.39 Å². The van der Waals surface area contributed by atoms with E-state index in [4.69, 9.17) is 15.2 Å². The van der Waals surface area contributed by atoms with Crippen molar-refractivity contribution in [1.82, 2.24) is 19.3 Å². The molecule has 5 rings (SSSR count). The van der Waals surface area contributed by atoms with E-state index in [1.54, 1.807) is 88.1 Å². The molecule has 46 heavy (non-hydrogen) atoms. The fourth-order valence-electron chi connectivity index (χ4n) is 5.53. The molecule has 0 saturated carbocycles. The monoisotopic (exact) mass is 624 g/mol. The predicted octanol–water partition coefficient (Wildman–Crippen LogP) is 5.02. The van der Waals surface area contributed by atoms with E-state index in [-0.39, 0.29) is 17.9 Å². The number of nitrogens with one attached hydrogen (secondary N) is 1. The van der Waals surface area contributed by atoms with Gasteiger partial charge in [0.1, 0.15) is 34.2 Å². The summed E-state index contributed by atoms with van der Waals surface area (Å²) in [4.78, 5) is 48.3. The maximum Gasteiger partial charge on any atom is 0.324 e. The van der Waals surface area contributed by atoms with Crippen LogP contribution >= 0.6 is 0 Å². The number of nitrogens with two attached hydrogens (primary N) is 1. The second kappa shape index (κ2) is 12.9. The Balaban J connectivity index is 1.42. The highest BCUT2D eigenvalue weighted by molar-refractivity contribution is 6.04. The van der Waals surface area contributed by atoms with Gasteiger partial charge in [-0.3, -0.25) is 24.0 Å². The number of fused-ring (bicyclic) bond motifs is 1. The van der Waals surface area contributed by atoms with Gasteiger partial charge in [0, 0.05) is 30.1 Å². The van der Waals surface area contributed by atoms with Gasteiger partial charge in [-0.2, -0.15) is 0 Å². The molecule has 1 amide bonds. The molecule has 238 valence electrons. The van der Waals surface area contributed by atoms with Crippen LogP contribution in [0.3, 0.4) is 0 Å². The van der Waals surface area contributed by atoms with Crippen LogP contribution in [0.2, 0.25) is 0 Å². The Labute approximate surface area is 265 Å². The highest BCUT2D eigenvalue weighted by Crippen LogP contribution is 2.31. The highest BCUT2D eigenvalue weighted by atomic mass is 16.5. The Bertz CT molecular complexity index is 1950. The van der Waals surface area contributed by atoms with E-state index in [2.05, 4.69) is 15.3 Å². The number of anilines is 1. The molecule has 3 heterocycles. The summed E-state index contributed by atoms with van der Waals surface area (Å²) in [5.41, 5.74) is 5.77. The molecule has 3 aromatic heterocycles. The zero-order chi connectivity index (χ0) is 33.2. The third-order valence-electron chi connectivity index (χ3n) is 8.33. The van der Waals surface area contributed by atoms with Crippen molar-refractivity contribution < 1.29 is 24.2 Å². The standard InChI is InChI=1S/C34H36N6O6/c1-20(2)34(35,33(43)44)21(3)19-39-22(4)30(32(42)40(39)23-9-7-6-8-10-23)31(41)38-29-14-12-25(18-37-29)46-28-15-16-36-27-17-24(45-5)11-13-26(27)28/h6-18,20-21H,19,35H2,1-5H3,(H,43,44)(H,37,38,41)/t21-,34+/m1/s1. The van der Waals surface area contributed by atoms with Gasteiger partial charge in [0.2, 0.25) is 0 Å². The van der Waals surface area contributed by atoms with Crippen molar-refractivity contribution in [1.29, 1.82) is 0 Å². The van der Waals surface area contributed by atoms with Gasteiger partial charge in [0.05, 0.1) is 30.2 Å². The van der Waals surface area contributed by atoms with Crippen molar-refractivity contribution in [2.75, 3.05) is 12.4 Å². The number of carboxylic acid groups (broad SMARTS) is 1. The van der Waals surface area contributed by atoms with Crippen molar-refractivity contribution in [2.45, 2.75) is 39.8 Å². The average Bonchev–Trinajstić information content (AvgIpc) is 3.29. The Morgan fingerprint density at radius 1 is 1.02 bits per heavy atom. The number of hydrogen-bond donors (Lipinski definition) is 3. The molecule has 0 radical (unpaired) electrons. The van der Waals surface area contributed by atoms with Gasteiger partial charge < -0.3 is 25.6 Å². The molecule has 0 aliphatic heterocycles. The number of methoxy groups -OCH3 is 1. The summed E-state index contributed by atoms with van der Waals surface area (Å²) in [7, 11) is 1.59. The van der Waals surface area contributed by atoms with Crippen molar-refractivity contribution in [3.05, 3.63) is 101 Å². The SMILES string of the molecule is COc1ccc2c(Oc3ccc(NC(=O)c4c(C)n(C[C@@H](C)[C@](N)(C(=O)O)C(C)C)n(-c5ccccc5)c4=O)nc3)ccnc2c1. The number of carboxylic acids is 1. The third kappa shape index (κ3) is 5.94. The van der Waals surface area contributed by atoms with Gasteiger partial charge in [-0.1, -0.05) is 39.0 Å². The molecule has 2 atom stereocenters. The van der Waals surface area contributed by atoms with Gasteiger partial charge in [-0.25, -0.2) is 9.67 Å². The first-order chi connectivity index (χ1) is 21.9. The zero-order valence-corrected chi connectivity index (χ0v) is 26.2. The molecule has 12 heteroatoms. The van der Waals surface area contributed by atoms with Crippen LogP contribution in [0.4, 0.5) is 5.82 Å². The maximum atomic E-state index is 13.8. The smallest absolute Gasteiger partial charge is 0.324 e. The van der Waals surface area contributed by atoms with Crippen molar-refractivity contribution in [3.8, 4) is 22.9 Å². The lowest BCUT2D eigenvalue weighted by atomic mass is 9.77. The van der Waals surface area contributed by atoms with Crippen molar-refractivity contribution >= 4 is 28.6 Å². The fraction of sp³-hybridized carbons (Fsp3) is 0.265. The number of aliphatic carboxylic acids is 1. The van der Waals surface area contributed by atoms with Crippen LogP contribution < -0.4 is 26.1 Å². The Kier molecular flexibility index (Phi) is 8.92. The minimum Gasteiger partial charge on any atom is -0.497 e. The first-order valence-electron chi connectivity index (χ1n) is 14.7. The van der Waals surface area contributed by atoms with Gasteiger partial charge in [0.15, 0.2) is 0 Å². The average molecular weight is 625 g/mol. The Hall–Kier alpha value is -5.49. The maximum absolute atomic E-state index is 13.8. The van der Waals surface area contributed by atoms with Crippen LogP contribution in [0, 0.1) is 18.8 Å². The molecule has 12 nitrogen and oxygen atoms in total. The predicted molar refractivity (Wildman–Crippen MR) is 174 cm³/mol. The van der Waals surface area contributed by atoms with E-state index >= 15 is 0 Å². The molecule has 4 N–H and O–H groups in total. The number of aromatic nitrogens is 4. The van der Waals surface area contributed by atoms with Crippen LogP contribution in [-0.2, 0) is 11.3 Å². The van der Waals surface area contributed by atoms with E-state index in [9.17, 15) is 19.5 Å². The van der Waals surface area contributed by atoms with Crippen LogP contribution in [0.1, 0.15) is 36.8 Å². The van der Waals surface area contributed by atoms with Gasteiger partial charge >= 0.3 is 5.97 Å². The number of hydrogen-bond acceptors (Lipinski definition) is 8. The minimum absolute atomic E-state index is 0.0744. The second-order valence-electron chi connectivity index (χ2n) is 11.4. The lowest BCUT2D eigenvalue weighted by molar-refractivity contribution is -0.147. The summed E-state index contributed by atoms with van der Waals surface area (Å²) >= 11 is 0. The number of benzene rings is 2. The number of pyridine rings is 2. The molecule has 0 spiro atoms. The summed E-state index contributed by atoms with van der Waals surface area (Å²) in [6.45, 7) is 6.94. The molecule has 0 fully saturated rings. The Morgan fingerprint density at radius 2 is 1.74 bits per heavy atom. The number of carbonyl (C=O) groups excluding carboxylic acids is 1. The lowest BCUT2D eigenvalue weighted by Gasteiger charge is -2.35. The number of rotatable bonds is 11. The van der Waals surface area contributed by atoms with Crippen molar-refractivity contribution in [3.63, 3.8) is 0 Å². The van der Waals surface area contributed by atoms with Crippen LogP contribution in [0.15, 0.2) is 83.9 Å². The number of nitrogens with zero attached hydrogens (tertiary/aromatic N) is 4. The lowest BCUT2D eigenvalue weighted by Crippen LogP contribution is -2.58. The van der Waals surface area contributed by atoms with Gasteiger partial charge in [0.25, 0.3) is 11.5 Å². The van der Waals surface area contributed by atoms with Gasteiger partial charge in [-0.05, 0) is 55.3 Å². The first-order valence-corrected chi connectivity index (χ1v) is 14.7. The van der Waals surface area contributed by atoms with Crippen LogP contribution in [0.5, 0.6) is 17.2 Å². The van der Waals surface area contributed by atoms with E-state index in [0.29, 0.717) is 34.1 Å². The summed E-state index contributed by atoms with van der Waals surface area (Å²) < 4.78 is 14.3. The number of amides is 1. The van der Waals surface area contributed by atoms with Crippen LogP contribution in [0.25, 0.3) is 16.6 Å². The molecule has 0 aliphatic carbocycles. The summed E-state index contributed by atoms with van der Waals surface area (Å²) in [6.07, 6.45) is 3.10. The molecule has 2 aromatic carbocycles. The summed E-state index contributed by atoms with van der Waals surface area (Å²) in [5, 5.41) is 13.5. The van der Waals surface area contributed by atoms with E-state index < -0.39 is 34.8 Å². The summed E-state index contributed by atoms with van der Waals surface area (Å²) in [5.74, 6) is -0.905. The number of ether oxygens (including phenoxy) is 2. The quantitative estimate of drug-likeness (QED) is 0.183. The molecule has 0 bridgehead atoms. The molecule has 5 aromatic rings. The number of para-hydroxylation sites is 1. The molecular weight excluding hydrogens is 588 g/mol. The van der Waals surface area contributed by atoms with Gasteiger partial charge in [-0.15, -0.1) is 0 Å². The minimum atomic E-state index is -1.57. The Morgan fingerprint density at radius 3 is 2.37 bits per heavy atom. The van der Waals surface area contributed by atoms with E-state index in [1.165, 1.54) is 10.9 Å². The molecule has 0 saturated heterocycles. The largest absolute Gasteiger partial charge is 0.497 e. The fourth-order valence-corrected chi connectivity index (χ4v) is 5.53. The molecular formula is C34H36N6O6. The van der Waals surface area contributed by atoms with Crippen molar-refractivity contribution in [2.24, 2.45) is 17.6 Å². The van der Waals surface area contributed by atoms with E-state index in [1.807, 2.05) is 24.3 Å². The zero-order valence-electron chi connectivity index (χ0n) is 26.2. The first kappa shape index (κ1) is 31.9. The van der Waals surface area contributed by atoms with Crippen LogP contribution in [-0.4, -0.2) is 49.0 Å². The number of carbonyl (C=O) groups is 2. The normalized spacial score (nSPS) is 13.3. The molecule has 0 aliphatic rings. The highest BCUT2D eigenvalue weighted by Gasteiger charge is 2.43. The molecule has 0 unspecified atom stereocenters. The topological polar surface area (TPSA) is 164 Å². The second-order valence-corrected chi connectivity index (χ2v) is 11.4. The third-order valence-corrected chi connectivity index (χ3v) is 8.33. The summed E-state index contributed by atoms with van der Waals surface area (Å²) in [6, 6.07) is 19.3.